The highest BCUT2D eigenvalue weighted by Gasteiger charge is 2.26. The molecule has 0 aromatic rings. The molecule has 1 aliphatic rings. The first kappa shape index (κ1) is 15.9. The molecule has 6 nitrogen and oxygen atoms in total. The zero-order valence-electron chi connectivity index (χ0n) is 12.4. The molecule has 0 atom stereocenters. The molecule has 0 spiro atoms. The molecular formula is C13H26N4O2. The van der Waals surface area contributed by atoms with E-state index in [9.17, 15) is 9.59 Å². The monoisotopic (exact) mass is 270 g/mol. The summed E-state index contributed by atoms with van der Waals surface area (Å²) in [5, 5.41) is 8.28. The van der Waals surface area contributed by atoms with Gasteiger partial charge in [-0.3, -0.25) is 15.0 Å². The smallest absolute Gasteiger partial charge is 0.321 e. The molecule has 0 unspecified atom stereocenters. The normalized spacial score (nSPS) is 16.1. The van der Waals surface area contributed by atoms with E-state index >= 15 is 0 Å². The van der Waals surface area contributed by atoms with Crippen molar-refractivity contribution in [3.05, 3.63) is 0 Å². The Labute approximate surface area is 115 Å². The number of carbonyl (C=O) groups is 2. The Morgan fingerprint density at radius 3 is 2.37 bits per heavy atom. The fourth-order valence-corrected chi connectivity index (χ4v) is 1.93. The van der Waals surface area contributed by atoms with E-state index in [2.05, 4.69) is 27.8 Å². The topological polar surface area (TPSA) is 73.5 Å². The summed E-state index contributed by atoms with van der Waals surface area (Å²) in [6, 6.07) is -0.0166. The van der Waals surface area contributed by atoms with Gasteiger partial charge in [-0.2, -0.15) is 0 Å². The van der Waals surface area contributed by atoms with Gasteiger partial charge in [-0.25, -0.2) is 4.79 Å². The molecule has 0 bridgehead atoms. The van der Waals surface area contributed by atoms with Gasteiger partial charge in [0.2, 0.25) is 5.91 Å². The second kappa shape index (κ2) is 6.86. The van der Waals surface area contributed by atoms with Crippen molar-refractivity contribution < 1.29 is 9.59 Å². The maximum absolute atomic E-state index is 11.8. The predicted molar refractivity (Wildman–Crippen MR) is 74.9 cm³/mol. The van der Waals surface area contributed by atoms with Gasteiger partial charge < -0.3 is 10.6 Å². The summed E-state index contributed by atoms with van der Waals surface area (Å²) in [5.41, 5.74) is -0.342. The summed E-state index contributed by atoms with van der Waals surface area (Å²) in [6.07, 6.45) is 0.998. The summed E-state index contributed by atoms with van der Waals surface area (Å²) in [5.74, 6) is -0.248. The molecule has 110 valence electrons. The van der Waals surface area contributed by atoms with Crippen LogP contribution < -0.4 is 16.0 Å². The third-order valence-corrected chi connectivity index (χ3v) is 2.88. The second-order valence-corrected chi connectivity index (χ2v) is 6.03. The molecule has 1 heterocycles. The van der Waals surface area contributed by atoms with Crippen LogP contribution >= 0.6 is 0 Å². The van der Waals surface area contributed by atoms with Crippen LogP contribution in [0.15, 0.2) is 0 Å². The number of imide groups is 1. The van der Waals surface area contributed by atoms with E-state index in [1.54, 1.807) is 0 Å². The molecule has 1 rings (SSSR count). The standard InChI is InChI=1S/C13H26N4O2/c1-5-6-17(10-7-14-8-10)9-11(18)15-12(19)16-13(2,3)4/h10,14H,5-9H2,1-4H3,(H2,15,16,18,19). The van der Waals surface area contributed by atoms with Crippen LogP contribution in [-0.4, -0.2) is 54.6 Å². The summed E-state index contributed by atoms with van der Waals surface area (Å²) >= 11 is 0. The summed E-state index contributed by atoms with van der Waals surface area (Å²) in [7, 11) is 0. The average Bonchev–Trinajstić information content (AvgIpc) is 2.10. The molecular weight excluding hydrogens is 244 g/mol. The number of urea groups is 1. The first-order chi connectivity index (χ1) is 8.81. The Kier molecular flexibility index (Phi) is 5.75. The average molecular weight is 270 g/mol. The van der Waals surface area contributed by atoms with Crippen LogP contribution in [0.4, 0.5) is 4.79 Å². The van der Waals surface area contributed by atoms with Gasteiger partial charge in [0.25, 0.3) is 0 Å². The number of hydrogen-bond acceptors (Lipinski definition) is 4. The lowest BCUT2D eigenvalue weighted by Gasteiger charge is -2.37. The van der Waals surface area contributed by atoms with Crippen LogP contribution in [0.3, 0.4) is 0 Å². The van der Waals surface area contributed by atoms with Gasteiger partial charge in [0.1, 0.15) is 0 Å². The summed E-state index contributed by atoms with van der Waals surface area (Å²) in [4.78, 5) is 25.5. The zero-order valence-corrected chi connectivity index (χ0v) is 12.4. The van der Waals surface area contributed by atoms with Gasteiger partial charge >= 0.3 is 6.03 Å². The van der Waals surface area contributed by atoms with Gasteiger partial charge in [0.05, 0.1) is 6.54 Å². The van der Waals surface area contributed by atoms with Crippen molar-refractivity contribution >= 4 is 11.9 Å². The van der Waals surface area contributed by atoms with Crippen molar-refractivity contribution in [3.63, 3.8) is 0 Å². The van der Waals surface area contributed by atoms with Gasteiger partial charge in [-0.1, -0.05) is 6.92 Å². The van der Waals surface area contributed by atoms with Crippen molar-refractivity contribution in [2.45, 2.75) is 45.7 Å². The summed E-state index contributed by atoms with van der Waals surface area (Å²) in [6.45, 7) is 10.7. The minimum Gasteiger partial charge on any atom is -0.333 e. The molecule has 1 fully saturated rings. The lowest BCUT2D eigenvalue weighted by atomic mass is 10.1. The van der Waals surface area contributed by atoms with Crippen molar-refractivity contribution in [2.24, 2.45) is 0 Å². The number of hydrogen-bond donors (Lipinski definition) is 3. The molecule has 3 N–H and O–H groups in total. The Hall–Kier alpha value is -1.14. The van der Waals surface area contributed by atoms with E-state index in [4.69, 9.17) is 0 Å². The Balaban J connectivity index is 2.37. The highest BCUT2D eigenvalue weighted by Crippen LogP contribution is 2.05. The lowest BCUT2D eigenvalue weighted by molar-refractivity contribution is -0.122. The largest absolute Gasteiger partial charge is 0.333 e. The number of nitrogens with zero attached hydrogens (tertiary/aromatic N) is 1. The Morgan fingerprint density at radius 2 is 1.95 bits per heavy atom. The van der Waals surface area contributed by atoms with E-state index in [0.717, 1.165) is 26.1 Å². The van der Waals surface area contributed by atoms with Gasteiger partial charge in [-0.15, -0.1) is 0 Å². The van der Waals surface area contributed by atoms with Crippen LogP contribution in [-0.2, 0) is 4.79 Å². The van der Waals surface area contributed by atoms with Crippen LogP contribution in [0.5, 0.6) is 0 Å². The molecule has 0 aromatic carbocycles. The highest BCUT2D eigenvalue weighted by atomic mass is 16.2. The number of carbonyl (C=O) groups excluding carboxylic acids is 2. The Morgan fingerprint density at radius 1 is 1.32 bits per heavy atom. The number of nitrogens with one attached hydrogen (secondary N) is 3. The van der Waals surface area contributed by atoms with E-state index in [-0.39, 0.29) is 18.0 Å². The van der Waals surface area contributed by atoms with Gasteiger partial charge in [0, 0.05) is 24.7 Å². The van der Waals surface area contributed by atoms with Crippen LogP contribution in [0.2, 0.25) is 0 Å². The van der Waals surface area contributed by atoms with Crippen molar-refractivity contribution in [1.29, 1.82) is 0 Å². The van der Waals surface area contributed by atoms with Crippen molar-refractivity contribution in [2.75, 3.05) is 26.2 Å². The van der Waals surface area contributed by atoms with E-state index in [1.165, 1.54) is 0 Å². The molecule has 0 saturated carbocycles. The van der Waals surface area contributed by atoms with Crippen LogP contribution in [0, 0.1) is 0 Å². The molecule has 0 aliphatic carbocycles. The molecule has 19 heavy (non-hydrogen) atoms. The SMILES string of the molecule is CCCN(CC(=O)NC(=O)NC(C)(C)C)C1CNC1. The first-order valence-corrected chi connectivity index (χ1v) is 6.88. The van der Waals surface area contributed by atoms with Crippen molar-refractivity contribution in [3.8, 4) is 0 Å². The number of amides is 3. The molecule has 0 aromatic heterocycles. The maximum atomic E-state index is 11.8. The van der Waals surface area contributed by atoms with Crippen LogP contribution in [0.1, 0.15) is 34.1 Å². The molecule has 0 radical (unpaired) electrons. The Bertz CT molecular complexity index is 321. The molecule has 1 aliphatic heterocycles. The van der Waals surface area contributed by atoms with E-state index < -0.39 is 6.03 Å². The highest BCUT2D eigenvalue weighted by molar-refractivity contribution is 5.95. The van der Waals surface area contributed by atoms with Gasteiger partial charge in [-0.05, 0) is 33.7 Å². The third kappa shape index (κ3) is 6.02. The lowest BCUT2D eigenvalue weighted by Crippen LogP contribution is -2.59. The van der Waals surface area contributed by atoms with Crippen molar-refractivity contribution in [1.82, 2.24) is 20.9 Å². The predicted octanol–water partition coefficient (Wildman–Crippen LogP) is 0.295. The third-order valence-electron chi connectivity index (χ3n) is 2.88. The quantitative estimate of drug-likeness (QED) is 0.671. The van der Waals surface area contributed by atoms with Gasteiger partial charge in [0.15, 0.2) is 0 Å². The minimum absolute atomic E-state index is 0.248. The van der Waals surface area contributed by atoms with Crippen LogP contribution in [0.25, 0.3) is 0 Å². The zero-order chi connectivity index (χ0) is 14.5. The van der Waals surface area contributed by atoms with E-state index in [0.29, 0.717) is 6.04 Å². The molecule has 6 heteroatoms. The second-order valence-electron chi connectivity index (χ2n) is 6.03. The maximum Gasteiger partial charge on any atom is 0.321 e. The van der Waals surface area contributed by atoms with E-state index in [1.807, 2.05) is 20.8 Å². The first-order valence-electron chi connectivity index (χ1n) is 6.88. The fourth-order valence-electron chi connectivity index (χ4n) is 1.93. The number of rotatable bonds is 5. The summed E-state index contributed by atoms with van der Waals surface area (Å²) < 4.78 is 0. The fraction of sp³-hybridized carbons (Fsp3) is 0.846. The molecule has 3 amide bonds. The minimum atomic E-state index is -0.430. The molecule has 1 saturated heterocycles.